The van der Waals surface area contributed by atoms with Crippen LogP contribution in [0, 0.1) is 6.92 Å². The Morgan fingerprint density at radius 2 is 2.27 bits per heavy atom. The number of fused-ring (bicyclic) bond motifs is 1. The molecule has 1 atom stereocenters. The van der Waals surface area contributed by atoms with Crippen LogP contribution in [0.3, 0.4) is 0 Å². The Hall–Kier alpha value is -0.830. The lowest BCUT2D eigenvalue weighted by atomic mass is 10.2. The average Bonchev–Trinajstić information content (AvgIpc) is 2.37. The smallest absolute Gasteiger partial charge is 0.105 e. The predicted octanol–water partition coefficient (Wildman–Crippen LogP) is 0.154. The first kappa shape index (κ1) is 6.85. The summed E-state index contributed by atoms with van der Waals surface area (Å²) in [6.45, 7) is 2.03. The SMILES string of the molecule is Cc1nc2c(n1C)CC(N)C2. The van der Waals surface area contributed by atoms with E-state index >= 15 is 0 Å². The summed E-state index contributed by atoms with van der Waals surface area (Å²) in [7, 11) is 2.05. The summed E-state index contributed by atoms with van der Waals surface area (Å²) in [5, 5.41) is 0. The summed E-state index contributed by atoms with van der Waals surface area (Å²) in [6, 6.07) is 0.305. The Balaban J connectivity index is 2.48. The van der Waals surface area contributed by atoms with Crippen LogP contribution in [0.2, 0.25) is 0 Å². The van der Waals surface area contributed by atoms with Crippen molar-refractivity contribution >= 4 is 0 Å². The van der Waals surface area contributed by atoms with Crippen molar-refractivity contribution < 1.29 is 0 Å². The van der Waals surface area contributed by atoms with Crippen LogP contribution in [0.4, 0.5) is 0 Å². The molecule has 1 unspecified atom stereocenters. The largest absolute Gasteiger partial charge is 0.335 e. The van der Waals surface area contributed by atoms with E-state index < -0.39 is 0 Å². The van der Waals surface area contributed by atoms with Gasteiger partial charge in [-0.3, -0.25) is 0 Å². The molecule has 0 radical (unpaired) electrons. The lowest BCUT2D eigenvalue weighted by molar-refractivity contribution is 0.676. The minimum absolute atomic E-state index is 0.305. The summed E-state index contributed by atoms with van der Waals surface area (Å²) in [5.41, 5.74) is 8.33. The van der Waals surface area contributed by atoms with Crippen LogP contribution in [-0.2, 0) is 19.9 Å². The number of hydrogen-bond acceptors (Lipinski definition) is 2. The summed E-state index contributed by atoms with van der Waals surface area (Å²) >= 11 is 0. The van der Waals surface area contributed by atoms with Gasteiger partial charge in [0.15, 0.2) is 0 Å². The topological polar surface area (TPSA) is 43.8 Å². The molecule has 0 amide bonds. The minimum Gasteiger partial charge on any atom is -0.335 e. The second-order valence-electron chi connectivity index (χ2n) is 3.28. The maximum absolute atomic E-state index is 5.80. The van der Waals surface area contributed by atoms with Gasteiger partial charge in [0.25, 0.3) is 0 Å². The molecule has 0 spiro atoms. The third kappa shape index (κ3) is 0.878. The zero-order chi connectivity index (χ0) is 8.01. The number of aromatic nitrogens is 2. The van der Waals surface area contributed by atoms with Crippen molar-refractivity contribution in [1.29, 1.82) is 0 Å². The molecule has 0 saturated heterocycles. The first-order valence-electron chi connectivity index (χ1n) is 3.95. The van der Waals surface area contributed by atoms with Gasteiger partial charge < -0.3 is 10.3 Å². The molecule has 0 fully saturated rings. The van der Waals surface area contributed by atoms with E-state index in [0.29, 0.717) is 6.04 Å². The van der Waals surface area contributed by atoms with E-state index in [1.807, 2.05) is 6.92 Å². The van der Waals surface area contributed by atoms with Crippen molar-refractivity contribution in [3.05, 3.63) is 17.2 Å². The van der Waals surface area contributed by atoms with Crippen molar-refractivity contribution in [3.63, 3.8) is 0 Å². The molecule has 3 nitrogen and oxygen atoms in total. The van der Waals surface area contributed by atoms with Gasteiger partial charge in [0, 0.05) is 31.6 Å². The summed E-state index contributed by atoms with van der Waals surface area (Å²) in [6.07, 6.45) is 1.95. The Morgan fingerprint density at radius 1 is 1.55 bits per heavy atom. The van der Waals surface area contributed by atoms with E-state index in [9.17, 15) is 0 Å². The highest BCUT2D eigenvalue weighted by Crippen LogP contribution is 2.20. The first-order valence-corrected chi connectivity index (χ1v) is 3.95. The van der Waals surface area contributed by atoms with E-state index in [1.54, 1.807) is 0 Å². The fourth-order valence-corrected chi connectivity index (χ4v) is 1.71. The van der Waals surface area contributed by atoms with Crippen LogP contribution < -0.4 is 5.73 Å². The molecule has 1 aliphatic carbocycles. The second-order valence-corrected chi connectivity index (χ2v) is 3.28. The van der Waals surface area contributed by atoms with Gasteiger partial charge in [-0.05, 0) is 6.92 Å². The van der Waals surface area contributed by atoms with E-state index in [-0.39, 0.29) is 0 Å². The molecule has 3 heteroatoms. The maximum Gasteiger partial charge on any atom is 0.105 e. The number of hydrogen-bond donors (Lipinski definition) is 1. The molecule has 0 saturated carbocycles. The van der Waals surface area contributed by atoms with Crippen molar-refractivity contribution in [2.75, 3.05) is 0 Å². The van der Waals surface area contributed by atoms with Crippen LogP contribution in [0.25, 0.3) is 0 Å². The lowest BCUT2D eigenvalue weighted by Gasteiger charge is -2.02. The predicted molar refractivity (Wildman–Crippen MR) is 43.3 cm³/mol. The quantitative estimate of drug-likeness (QED) is 0.573. The highest BCUT2D eigenvalue weighted by Gasteiger charge is 2.23. The molecule has 60 valence electrons. The zero-order valence-corrected chi connectivity index (χ0v) is 6.96. The highest BCUT2D eigenvalue weighted by atomic mass is 15.1. The Labute approximate surface area is 66.2 Å². The van der Waals surface area contributed by atoms with Gasteiger partial charge in [0.05, 0.1) is 5.69 Å². The van der Waals surface area contributed by atoms with E-state index in [0.717, 1.165) is 18.7 Å². The number of rotatable bonds is 0. The molecule has 1 heterocycles. The zero-order valence-electron chi connectivity index (χ0n) is 6.96. The van der Waals surface area contributed by atoms with Crippen molar-refractivity contribution in [2.45, 2.75) is 25.8 Å². The van der Waals surface area contributed by atoms with Crippen LogP contribution in [-0.4, -0.2) is 15.6 Å². The second kappa shape index (κ2) is 2.08. The Kier molecular flexibility index (Phi) is 1.29. The van der Waals surface area contributed by atoms with Gasteiger partial charge >= 0.3 is 0 Å². The number of nitrogens with zero attached hydrogens (tertiary/aromatic N) is 2. The third-order valence-corrected chi connectivity index (χ3v) is 2.43. The summed E-state index contributed by atoms with van der Waals surface area (Å²) in [4.78, 5) is 4.42. The molecule has 1 aromatic heterocycles. The standard InChI is InChI=1S/C8H13N3/c1-5-10-7-3-6(9)4-8(7)11(5)2/h6H,3-4,9H2,1-2H3. The fraction of sp³-hybridized carbons (Fsp3) is 0.625. The molecular formula is C8H13N3. The normalized spacial score (nSPS) is 22.3. The van der Waals surface area contributed by atoms with Crippen LogP contribution >= 0.6 is 0 Å². The Morgan fingerprint density at radius 3 is 2.91 bits per heavy atom. The number of nitrogens with two attached hydrogens (primary N) is 1. The molecule has 11 heavy (non-hydrogen) atoms. The van der Waals surface area contributed by atoms with Crippen LogP contribution in [0.15, 0.2) is 0 Å². The summed E-state index contributed by atoms with van der Waals surface area (Å²) in [5.74, 6) is 1.10. The third-order valence-electron chi connectivity index (χ3n) is 2.43. The average molecular weight is 151 g/mol. The number of aryl methyl sites for hydroxylation is 1. The van der Waals surface area contributed by atoms with Crippen LogP contribution in [0.1, 0.15) is 17.2 Å². The van der Waals surface area contributed by atoms with Gasteiger partial charge in [-0.2, -0.15) is 0 Å². The van der Waals surface area contributed by atoms with Gasteiger partial charge in [-0.1, -0.05) is 0 Å². The van der Waals surface area contributed by atoms with E-state index in [1.165, 1.54) is 11.4 Å². The van der Waals surface area contributed by atoms with Crippen molar-refractivity contribution in [3.8, 4) is 0 Å². The monoisotopic (exact) mass is 151 g/mol. The minimum atomic E-state index is 0.305. The number of imidazole rings is 1. The molecule has 0 aliphatic heterocycles. The van der Waals surface area contributed by atoms with Gasteiger partial charge in [0.1, 0.15) is 5.82 Å². The molecule has 0 bridgehead atoms. The van der Waals surface area contributed by atoms with Crippen molar-refractivity contribution in [1.82, 2.24) is 9.55 Å². The van der Waals surface area contributed by atoms with E-state index in [2.05, 4.69) is 16.6 Å². The van der Waals surface area contributed by atoms with Gasteiger partial charge in [0.2, 0.25) is 0 Å². The van der Waals surface area contributed by atoms with Crippen LogP contribution in [0.5, 0.6) is 0 Å². The molecule has 2 rings (SSSR count). The van der Waals surface area contributed by atoms with Gasteiger partial charge in [-0.25, -0.2) is 4.98 Å². The molecule has 1 aliphatic rings. The maximum atomic E-state index is 5.80. The Bertz CT molecular complexity index is 288. The van der Waals surface area contributed by atoms with Gasteiger partial charge in [-0.15, -0.1) is 0 Å². The molecule has 1 aromatic rings. The highest BCUT2D eigenvalue weighted by molar-refractivity contribution is 5.24. The molecule has 0 aromatic carbocycles. The van der Waals surface area contributed by atoms with E-state index in [4.69, 9.17) is 5.73 Å². The summed E-state index contributed by atoms with van der Waals surface area (Å²) < 4.78 is 2.14. The first-order chi connectivity index (χ1) is 5.18. The molecular weight excluding hydrogens is 138 g/mol. The van der Waals surface area contributed by atoms with Crippen molar-refractivity contribution in [2.24, 2.45) is 12.8 Å². The molecule has 2 N–H and O–H groups in total. The lowest BCUT2D eigenvalue weighted by Crippen LogP contribution is -2.20. The fourth-order valence-electron chi connectivity index (χ4n) is 1.71.